The number of hydrazine groups is 1. The number of hydrogen-bond donors (Lipinski definition) is 3. The third kappa shape index (κ3) is 4.93. The van der Waals surface area contributed by atoms with Crippen LogP contribution in [0.15, 0.2) is 34.5 Å². The predicted molar refractivity (Wildman–Crippen MR) is 83.7 cm³/mol. The topological polar surface area (TPSA) is 98.2 Å². The van der Waals surface area contributed by atoms with E-state index in [4.69, 9.17) is 0 Å². The van der Waals surface area contributed by atoms with E-state index in [-0.39, 0.29) is 6.54 Å². The van der Waals surface area contributed by atoms with Crippen LogP contribution in [0.5, 0.6) is 0 Å². The molecule has 0 saturated carbocycles. The van der Waals surface area contributed by atoms with Gasteiger partial charge in [0, 0.05) is 0 Å². The summed E-state index contributed by atoms with van der Waals surface area (Å²) in [6.07, 6.45) is -4.42. The fraction of sp³-hybridized carbons (Fsp3) is 0.286. The number of hydrazone groups is 2. The second-order valence-corrected chi connectivity index (χ2v) is 5.18. The van der Waals surface area contributed by atoms with E-state index in [2.05, 4.69) is 26.5 Å². The van der Waals surface area contributed by atoms with Crippen molar-refractivity contribution >= 4 is 23.5 Å². The maximum Gasteiger partial charge on any atom is 0.416 e. The minimum Gasteiger partial charge on any atom is -0.245 e. The zero-order chi connectivity index (χ0) is 18.6. The average Bonchev–Trinajstić information content (AvgIpc) is 2.55. The lowest BCUT2D eigenvalue weighted by atomic mass is 10.1. The van der Waals surface area contributed by atoms with Crippen molar-refractivity contribution in [1.29, 1.82) is 0 Å². The molecule has 1 aromatic carbocycles. The first kappa shape index (κ1) is 18.2. The third-order valence-electron chi connectivity index (χ3n) is 3.17. The van der Waals surface area contributed by atoms with Crippen LogP contribution in [0.1, 0.15) is 25.0 Å². The highest BCUT2D eigenvalue weighted by molar-refractivity contribution is 5.99. The monoisotopic (exact) mass is 356 g/mol. The molecular formula is C14H15F3N6O2. The van der Waals surface area contributed by atoms with Gasteiger partial charge in [0.1, 0.15) is 0 Å². The number of nitrogens with one attached hydrogen (secondary N) is 3. The van der Waals surface area contributed by atoms with Gasteiger partial charge in [-0.3, -0.25) is 0 Å². The molecule has 11 heteroatoms. The maximum atomic E-state index is 12.5. The van der Waals surface area contributed by atoms with Crippen LogP contribution in [-0.4, -0.2) is 35.0 Å². The molecule has 25 heavy (non-hydrogen) atoms. The summed E-state index contributed by atoms with van der Waals surface area (Å²) in [4.78, 5) is 23.2. The molecule has 1 heterocycles. The molecule has 8 nitrogen and oxygen atoms in total. The van der Waals surface area contributed by atoms with E-state index in [1.165, 1.54) is 19.1 Å². The molecule has 2 rings (SSSR count). The Balaban J connectivity index is 1.95. The second-order valence-electron chi connectivity index (χ2n) is 5.18. The van der Waals surface area contributed by atoms with E-state index in [0.717, 1.165) is 17.1 Å². The van der Waals surface area contributed by atoms with Gasteiger partial charge in [-0.15, -0.1) is 0 Å². The van der Waals surface area contributed by atoms with Gasteiger partial charge in [-0.1, -0.05) is 12.1 Å². The molecular weight excluding hydrogens is 341 g/mol. The lowest BCUT2D eigenvalue weighted by Gasteiger charge is -2.25. The van der Waals surface area contributed by atoms with Gasteiger partial charge >= 0.3 is 18.2 Å². The van der Waals surface area contributed by atoms with E-state index in [0.29, 0.717) is 17.0 Å². The van der Waals surface area contributed by atoms with Crippen LogP contribution in [0, 0.1) is 0 Å². The normalized spacial score (nSPS) is 15.4. The van der Waals surface area contributed by atoms with E-state index in [1.54, 1.807) is 6.92 Å². The number of carbonyl (C=O) groups excluding carboxylic acids is 2. The van der Waals surface area contributed by atoms with Crippen molar-refractivity contribution in [2.75, 3.05) is 6.54 Å². The minimum atomic E-state index is -4.42. The zero-order valence-electron chi connectivity index (χ0n) is 13.3. The van der Waals surface area contributed by atoms with E-state index in [9.17, 15) is 22.8 Å². The van der Waals surface area contributed by atoms with Crippen LogP contribution in [0.2, 0.25) is 0 Å². The van der Waals surface area contributed by atoms with Crippen molar-refractivity contribution in [2.24, 2.45) is 10.2 Å². The number of urea groups is 2. The minimum absolute atomic E-state index is 0.112. The summed E-state index contributed by atoms with van der Waals surface area (Å²) >= 11 is 0. The molecule has 1 aromatic rings. The molecule has 0 aromatic heterocycles. The highest BCUT2D eigenvalue weighted by atomic mass is 19.4. The first-order valence-corrected chi connectivity index (χ1v) is 7.06. The van der Waals surface area contributed by atoms with Crippen molar-refractivity contribution in [3.8, 4) is 0 Å². The molecule has 0 saturated heterocycles. The summed E-state index contributed by atoms with van der Waals surface area (Å²) < 4.78 is 37.5. The van der Waals surface area contributed by atoms with Crippen molar-refractivity contribution in [1.82, 2.24) is 21.3 Å². The molecule has 1 aliphatic heterocycles. The zero-order valence-corrected chi connectivity index (χ0v) is 13.3. The van der Waals surface area contributed by atoms with Crippen LogP contribution in [0.4, 0.5) is 22.8 Å². The van der Waals surface area contributed by atoms with Crippen molar-refractivity contribution in [3.63, 3.8) is 0 Å². The number of alkyl halides is 3. The smallest absolute Gasteiger partial charge is 0.245 e. The van der Waals surface area contributed by atoms with Crippen LogP contribution in [-0.2, 0) is 6.18 Å². The number of carbonyl (C=O) groups is 2. The molecule has 0 fully saturated rings. The van der Waals surface area contributed by atoms with Crippen LogP contribution in [0.3, 0.4) is 0 Å². The van der Waals surface area contributed by atoms with Gasteiger partial charge < -0.3 is 0 Å². The Morgan fingerprint density at radius 1 is 1.32 bits per heavy atom. The van der Waals surface area contributed by atoms with E-state index < -0.39 is 23.8 Å². The average molecular weight is 356 g/mol. The SMILES string of the molecule is CC1=NNC(=O)N(NC(=O)N/N=C(\C)c2ccc(C(F)(F)F)cc2)C1. The first-order valence-electron chi connectivity index (χ1n) is 7.06. The summed E-state index contributed by atoms with van der Waals surface area (Å²) in [5.74, 6) is 0. The summed E-state index contributed by atoms with van der Waals surface area (Å²) in [5.41, 5.74) is 7.15. The number of halogens is 3. The van der Waals surface area contributed by atoms with Crippen LogP contribution >= 0.6 is 0 Å². The maximum absolute atomic E-state index is 12.5. The van der Waals surface area contributed by atoms with Gasteiger partial charge in [0.15, 0.2) is 0 Å². The Morgan fingerprint density at radius 3 is 2.56 bits per heavy atom. The summed E-state index contributed by atoms with van der Waals surface area (Å²) in [7, 11) is 0. The number of benzene rings is 1. The quantitative estimate of drug-likeness (QED) is 0.571. The van der Waals surface area contributed by atoms with Crippen molar-refractivity contribution in [3.05, 3.63) is 35.4 Å². The van der Waals surface area contributed by atoms with Crippen molar-refractivity contribution < 1.29 is 22.8 Å². The molecule has 0 atom stereocenters. The number of hydrogen-bond acceptors (Lipinski definition) is 4. The molecule has 134 valence electrons. The Morgan fingerprint density at radius 2 is 1.96 bits per heavy atom. The Kier molecular flexibility index (Phi) is 5.25. The highest BCUT2D eigenvalue weighted by Crippen LogP contribution is 2.29. The van der Waals surface area contributed by atoms with Crippen LogP contribution in [0.25, 0.3) is 0 Å². The third-order valence-corrected chi connectivity index (χ3v) is 3.17. The molecule has 4 amide bonds. The Labute approximate surface area is 140 Å². The highest BCUT2D eigenvalue weighted by Gasteiger charge is 2.30. The van der Waals surface area contributed by atoms with Crippen molar-refractivity contribution in [2.45, 2.75) is 20.0 Å². The second kappa shape index (κ2) is 7.20. The van der Waals surface area contributed by atoms with Gasteiger partial charge in [-0.2, -0.15) is 23.4 Å². The molecule has 0 spiro atoms. The molecule has 3 N–H and O–H groups in total. The summed E-state index contributed by atoms with van der Waals surface area (Å²) in [6.45, 7) is 3.30. The molecule has 1 aliphatic rings. The predicted octanol–water partition coefficient (Wildman–Crippen LogP) is 2.04. The number of nitrogens with zero attached hydrogens (tertiary/aromatic N) is 3. The lowest BCUT2D eigenvalue weighted by molar-refractivity contribution is -0.137. The van der Waals surface area contributed by atoms with Gasteiger partial charge in [0.05, 0.1) is 23.5 Å². The van der Waals surface area contributed by atoms with E-state index >= 15 is 0 Å². The Bertz CT molecular complexity index is 727. The largest absolute Gasteiger partial charge is 0.416 e. The van der Waals surface area contributed by atoms with Gasteiger partial charge in [0.2, 0.25) is 0 Å². The standard InChI is InChI=1S/C14H15F3N6O2/c1-8-7-23(13(25)21-18-8)22-12(24)20-19-9(2)10-3-5-11(6-4-10)14(15,16)17/h3-6H,7H2,1-2H3,(H,21,25)(H2,20,22,24)/b19-9+. The molecule has 0 aliphatic carbocycles. The molecule has 0 bridgehead atoms. The first-order chi connectivity index (χ1) is 11.7. The lowest BCUT2D eigenvalue weighted by Crippen LogP contribution is -2.56. The van der Waals surface area contributed by atoms with E-state index in [1.807, 2.05) is 0 Å². The van der Waals surface area contributed by atoms with Gasteiger partial charge in [-0.05, 0) is 31.5 Å². The summed E-state index contributed by atoms with van der Waals surface area (Å²) in [5, 5.41) is 8.48. The van der Waals surface area contributed by atoms with Gasteiger partial charge in [-0.25, -0.2) is 30.9 Å². The molecule has 0 unspecified atom stereocenters. The fourth-order valence-electron chi connectivity index (χ4n) is 1.88. The summed E-state index contributed by atoms with van der Waals surface area (Å²) in [6, 6.07) is 2.96. The van der Waals surface area contributed by atoms with Crippen LogP contribution < -0.4 is 16.3 Å². The molecule has 0 radical (unpaired) electrons. The fourth-order valence-corrected chi connectivity index (χ4v) is 1.88. The number of rotatable bonds is 3. The Hall–Kier alpha value is -3.11. The number of amides is 4. The van der Waals surface area contributed by atoms with Gasteiger partial charge in [0.25, 0.3) is 0 Å².